The van der Waals surface area contributed by atoms with Crippen molar-refractivity contribution in [1.82, 2.24) is 9.29 Å². The molecule has 0 amide bonds. The zero-order valence-electron chi connectivity index (χ0n) is 14.9. The lowest BCUT2D eigenvalue weighted by atomic mass is 10.2. The molecule has 1 aromatic heterocycles. The van der Waals surface area contributed by atoms with Crippen LogP contribution in [0.4, 0.5) is 5.69 Å². The first-order valence-corrected chi connectivity index (χ1v) is 9.75. The second kappa shape index (κ2) is 7.34. The zero-order chi connectivity index (χ0) is 19.6. The Bertz CT molecular complexity index is 1090. The van der Waals surface area contributed by atoms with E-state index in [4.69, 9.17) is 0 Å². The minimum absolute atomic E-state index is 0.0948. The fraction of sp³-hybridized carbons (Fsp3) is 0.158. The molecule has 0 fully saturated rings. The summed E-state index contributed by atoms with van der Waals surface area (Å²) >= 11 is 0. The molecule has 8 heteroatoms. The Labute approximate surface area is 157 Å². The molecule has 0 aliphatic heterocycles. The van der Waals surface area contributed by atoms with Crippen LogP contribution in [0.5, 0.6) is 0 Å². The van der Waals surface area contributed by atoms with E-state index >= 15 is 0 Å². The first kappa shape index (κ1) is 18.8. The van der Waals surface area contributed by atoms with Gasteiger partial charge in [0.2, 0.25) is 10.0 Å². The summed E-state index contributed by atoms with van der Waals surface area (Å²) < 4.78 is 29.6. The number of nitro groups is 1. The lowest BCUT2D eigenvalue weighted by molar-refractivity contribution is -0.385. The molecule has 2 aromatic carbocycles. The van der Waals surface area contributed by atoms with Crippen molar-refractivity contribution < 1.29 is 13.3 Å². The number of benzene rings is 2. The Morgan fingerprint density at radius 1 is 1.04 bits per heavy atom. The van der Waals surface area contributed by atoms with E-state index < -0.39 is 14.9 Å². The van der Waals surface area contributed by atoms with Crippen LogP contribution < -0.4 is 4.72 Å². The Kier molecular flexibility index (Phi) is 5.11. The Morgan fingerprint density at radius 2 is 1.74 bits per heavy atom. The van der Waals surface area contributed by atoms with E-state index in [9.17, 15) is 18.5 Å². The van der Waals surface area contributed by atoms with Crippen molar-refractivity contribution in [3.8, 4) is 5.69 Å². The predicted octanol–water partition coefficient (Wildman–Crippen LogP) is 3.48. The first-order chi connectivity index (χ1) is 12.8. The second-order valence-electron chi connectivity index (χ2n) is 6.15. The first-order valence-electron chi connectivity index (χ1n) is 8.27. The van der Waals surface area contributed by atoms with Gasteiger partial charge in [-0.1, -0.05) is 24.3 Å². The van der Waals surface area contributed by atoms with Gasteiger partial charge in [0, 0.05) is 35.8 Å². The van der Waals surface area contributed by atoms with E-state index in [1.165, 1.54) is 18.2 Å². The number of rotatable bonds is 6. The van der Waals surface area contributed by atoms with Crippen LogP contribution in [-0.2, 0) is 16.6 Å². The fourth-order valence-electron chi connectivity index (χ4n) is 3.00. The van der Waals surface area contributed by atoms with Gasteiger partial charge < -0.3 is 4.57 Å². The lowest BCUT2D eigenvalue weighted by Gasteiger charge is -2.10. The summed E-state index contributed by atoms with van der Waals surface area (Å²) in [7, 11) is -3.86. The summed E-state index contributed by atoms with van der Waals surface area (Å²) in [6.07, 6.45) is 0. The molecule has 1 N–H and O–H groups in total. The van der Waals surface area contributed by atoms with Gasteiger partial charge in [0.15, 0.2) is 0 Å². The number of aromatic nitrogens is 1. The molecule has 3 rings (SSSR count). The van der Waals surface area contributed by atoms with Crippen molar-refractivity contribution in [2.45, 2.75) is 25.3 Å². The molecule has 0 spiro atoms. The maximum Gasteiger partial charge on any atom is 0.270 e. The Hall–Kier alpha value is -2.97. The SMILES string of the molecule is Cc1cc(CNS(=O)(=O)c2cccc([N+](=O)[O-])c2)c(C)n1-c1ccccc1. The van der Waals surface area contributed by atoms with Gasteiger partial charge in [-0.2, -0.15) is 0 Å². The Morgan fingerprint density at radius 3 is 2.41 bits per heavy atom. The molecular formula is C19H19N3O4S. The smallest absolute Gasteiger partial charge is 0.270 e. The summed E-state index contributed by atoms with van der Waals surface area (Å²) in [5, 5.41) is 10.9. The van der Waals surface area contributed by atoms with Crippen LogP contribution in [0, 0.1) is 24.0 Å². The van der Waals surface area contributed by atoms with E-state index in [1.54, 1.807) is 0 Å². The number of nitrogens with zero attached hydrogens (tertiary/aromatic N) is 2. The van der Waals surface area contributed by atoms with Gasteiger partial charge in [-0.05, 0) is 43.7 Å². The van der Waals surface area contributed by atoms with Crippen LogP contribution in [-0.4, -0.2) is 17.9 Å². The quantitative estimate of drug-likeness (QED) is 0.519. The normalized spacial score (nSPS) is 11.5. The zero-order valence-corrected chi connectivity index (χ0v) is 15.7. The van der Waals surface area contributed by atoms with Crippen molar-refractivity contribution in [2.24, 2.45) is 0 Å². The van der Waals surface area contributed by atoms with Crippen LogP contribution in [0.3, 0.4) is 0 Å². The van der Waals surface area contributed by atoms with Crippen molar-refractivity contribution in [2.75, 3.05) is 0 Å². The van der Waals surface area contributed by atoms with Gasteiger partial charge in [-0.15, -0.1) is 0 Å². The number of nitrogens with one attached hydrogen (secondary N) is 1. The second-order valence-corrected chi connectivity index (χ2v) is 7.91. The van der Waals surface area contributed by atoms with Gasteiger partial charge in [0.1, 0.15) is 0 Å². The third-order valence-corrected chi connectivity index (χ3v) is 5.74. The van der Waals surface area contributed by atoms with E-state index in [-0.39, 0.29) is 17.1 Å². The van der Waals surface area contributed by atoms with E-state index in [0.29, 0.717) is 0 Å². The molecule has 0 unspecified atom stereocenters. The molecule has 0 saturated carbocycles. The number of aryl methyl sites for hydroxylation is 1. The summed E-state index contributed by atoms with van der Waals surface area (Å²) in [6, 6.07) is 16.7. The largest absolute Gasteiger partial charge is 0.318 e. The molecule has 0 atom stereocenters. The van der Waals surface area contributed by atoms with Crippen LogP contribution in [0.1, 0.15) is 17.0 Å². The molecule has 0 radical (unpaired) electrons. The molecule has 0 aliphatic carbocycles. The van der Waals surface area contributed by atoms with Crippen molar-refractivity contribution in [1.29, 1.82) is 0 Å². The number of non-ortho nitro benzene ring substituents is 1. The third kappa shape index (κ3) is 3.91. The molecule has 7 nitrogen and oxygen atoms in total. The van der Waals surface area contributed by atoms with E-state index in [0.717, 1.165) is 28.7 Å². The maximum absolute atomic E-state index is 12.5. The number of para-hydroxylation sites is 1. The highest BCUT2D eigenvalue weighted by molar-refractivity contribution is 7.89. The van der Waals surface area contributed by atoms with Crippen LogP contribution in [0.15, 0.2) is 65.6 Å². The molecule has 140 valence electrons. The fourth-order valence-corrected chi connectivity index (χ4v) is 4.05. The molecule has 1 heterocycles. The minimum Gasteiger partial charge on any atom is -0.318 e. The van der Waals surface area contributed by atoms with Crippen LogP contribution in [0.25, 0.3) is 5.69 Å². The topological polar surface area (TPSA) is 94.2 Å². The average molecular weight is 385 g/mol. The van der Waals surface area contributed by atoms with Crippen molar-refractivity contribution in [3.05, 3.63) is 87.7 Å². The number of hydrogen-bond acceptors (Lipinski definition) is 4. The number of hydrogen-bond donors (Lipinski definition) is 1. The molecule has 27 heavy (non-hydrogen) atoms. The van der Waals surface area contributed by atoms with Gasteiger partial charge in [-0.3, -0.25) is 10.1 Å². The van der Waals surface area contributed by atoms with Crippen molar-refractivity contribution >= 4 is 15.7 Å². The highest BCUT2D eigenvalue weighted by Gasteiger charge is 2.19. The highest BCUT2D eigenvalue weighted by Crippen LogP contribution is 2.22. The summed E-state index contributed by atoms with van der Waals surface area (Å²) in [5.74, 6) is 0. The monoisotopic (exact) mass is 385 g/mol. The summed E-state index contributed by atoms with van der Waals surface area (Å²) in [4.78, 5) is 10.1. The number of sulfonamides is 1. The molecule has 0 bridgehead atoms. The molecule has 3 aromatic rings. The molecule has 0 aliphatic rings. The minimum atomic E-state index is -3.86. The van der Waals surface area contributed by atoms with Gasteiger partial charge in [0.25, 0.3) is 5.69 Å². The molecular weight excluding hydrogens is 366 g/mol. The van der Waals surface area contributed by atoms with Crippen molar-refractivity contribution in [3.63, 3.8) is 0 Å². The number of nitro benzene ring substituents is 1. The van der Waals surface area contributed by atoms with Gasteiger partial charge in [-0.25, -0.2) is 13.1 Å². The van der Waals surface area contributed by atoms with Gasteiger partial charge >= 0.3 is 0 Å². The standard InChI is InChI=1S/C19H19N3O4S/c1-14-11-16(15(2)21(14)17-7-4-3-5-8-17)13-20-27(25,26)19-10-6-9-18(12-19)22(23)24/h3-12,20H,13H2,1-2H3. The summed E-state index contributed by atoms with van der Waals surface area (Å²) in [5.41, 5.74) is 3.49. The lowest BCUT2D eigenvalue weighted by Crippen LogP contribution is -2.23. The highest BCUT2D eigenvalue weighted by atomic mass is 32.2. The third-order valence-electron chi connectivity index (χ3n) is 4.34. The average Bonchev–Trinajstić information content (AvgIpc) is 2.94. The van der Waals surface area contributed by atoms with Crippen LogP contribution >= 0.6 is 0 Å². The molecule has 0 saturated heterocycles. The van der Waals surface area contributed by atoms with Crippen LogP contribution in [0.2, 0.25) is 0 Å². The summed E-state index contributed by atoms with van der Waals surface area (Å²) in [6.45, 7) is 3.98. The predicted molar refractivity (Wildman–Crippen MR) is 102 cm³/mol. The van der Waals surface area contributed by atoms with E-state index in [2.05, 4.69) is 9.29 Å². The van der Waals surface area contributed by atoms with Gasteiger partial charge in [0.05, 0.1) is 9.82 Å². The maximum atomic E-state index is 12.5. The Balaban J connectivity index is 1.85. The van der Waals surface area contributed by atoms with E-state index in [1.807, 2.05) is 50.2 Å².